The van der Waals surface area contributed by atoms with Gasteiger partial charge in [0.05, 0.1) is 22.0 Å². The van der Waals surface area contributed by atoms with Crippen molar-refractivity contribution in [2.24, 2.45) is 0 Å². The second-order valence-corrected chi connectivity index (χ2v) is 10.3. The number of amides is 1. The second-order valence-electron chi connectivity index (χ2n) is 6.24. The van der Waals surface area contributed by atoms with Crippen LogP contribution in [0.2, 0.25) is 5.02 Å². The lowest BCUT2D eigenvalue weighted by Crippen LogP contribution is -2.29. The highest BCUT2D eigenvalue weighted by molar-refractivity contribution is 7.94. The van der Waals surface area contributed by atoms with Gasteiger partial charge in [0, 0.05) is 11.4 Å². The van der Waals surface area contributed by atoms with Crippen LogP contribution in [0.15, 0.2) is 41.3 Å². The van der Waals surface area contributed by atoms with E-state index in [9.17, 15) is 21.6 Å². The first-order valence-corrected chi connectivity index (χ1v) is 11.4. The molecule has 0 saturated carbocycles. The van der Waals surface area contributed by atoms with E-state index >= 15 is 0 Å². The normalized spacial score (nSPS) is 16.6. The Balaban J connectivity index is 2.04. The summed E-state index contributed by atoms with van der Waals surface area (Å²) in [4.78, 5) is 11.9. The fourth-order valence-electron chi connectivity index (χ4n) is 2.81. The number of aryl methyl sites for hydroxylation is 2. The standard InChI is InChI=1S/C17H17ClN2O5S2/c1-11-3-5-14(20-17(21)7-8-26(20,22)23)10-16(11)27(24,25)19-15-6-4-13(18)9-12(15)2/h3-6,9-10,19H,7-8H2,1-2H3. The van der Waals surface area contributed by atoms with E-state index in [-0.39, 0.29) is 22.8 Å². The summed E-state index contributed by atoms with van der Waals surface area (Å²) in [5.41, 5.74) is 1.42. The van der Waals surface area contributed by atoms with E-state index in [0.29, 0.717) is 26.1 Å². The van der Waals surface area contributed by atoms with Gasteiger partial charge in [-0.15, -0.1) is 0 Å². The Hall–Kier alpha value is -2.10. The van der Waals surface area contributed by atoms with Crippen molar-refractivity contribution in [3.05, 3.63) is 52.5 Å². The summed E-state index contributed by atoms with van der Waals surface area (Å²) in [5, 5.41) is 0.478. The van der Waals surface area contributed by atoms with Gasteiger partial charge in [0.2, 0.25) is 15.9 Å². The van der Waals surface area contributed by atoms with E-state index in [0.717, 1.165) is 0 Å². The van der Waals surface area contributed by atoms with Gasteiger partial charge in [-0.05, 0) is 55.3 Å². The predicted octanol–water partition coefficient (Wildman–Crippen LogP) is 2.82. The minimum Gasteiger partial charge on any atom is -0.279 e. The molecule has 0 unspecified atom stereocenters. The zero-order valence-electron chi connectivity index (χ0n) is 14.6. The summed E-state index contributed by atoms with van der Waals surface area (Å²) in [6, 6.07) is 8.82. The molecule has 0 bridgehead atoms. The molecule has 0 radical (unpaired) electrons. The lowest BCUT2D eigenvalue weighted by Gasteiger charge is -2.18. The Kier molecular flexibility index (Phi) is 4.96. The summed E-state index contributed by atoms with van der Waals surface area (Å²) in [6.07, 6.45) is -0.124. The van der Waals surface area contributed by atoms with Gasteiger partial charge in [0.1, 0.15) is 0 Å². The van der Waals surface area contributed by atoms with Gasteiger partial charge in [-0.2, -0.15) is 0 Å². The number of benzene rings is 2. The first-order valence-electron chi connectivity index (χ1n) is 7.97. The van der Waals surface area contributed by atoms with Crippen molar-refractivity contribution in [1.29, 1.82) is 0 Å². The third-order valence-electron chi connectivity index (χ3n) is 4.21. The third kappa shape index (κ3) is 3.80. The number of nitrogens with one attached hydrogen (secondary N) is 1. The highest BCUT2D eigenvalue weighted by Crippen LogP contribution is 2.30. The Morgan fingerprint density at radius 2 is 1.78 bits per heavy atom. The van der Waals surface area contributed by atoms with Gasteiger partial charge < -0.3 is 0 Å². The average molecular weight is 429 g/mol. The lowest BCUT2D eigenvalue weighted by molar-refractivity contribution is -0.116. The minimum atomic E-state index is -4.01. The van der Waals surface area contributed by atoms with Crippen LogP contribution in [0.5, 0.6) is 0 Å². The zero-order valence-corrected chi connectivity index (χ0v) is 17.0. The summed E-state index contributed by atoms with van der Waals surface area (Å²) in [6.45, 7) is 3.30. The van der Waals surface area contributed by atoms with Crippen molar-refractivity contribution >= 4 is 48.9 Å². The highest BCUT2D eigenvalue weighted by atomic mass is 35.5. The molecule has 0 aromatic heterocycles. The van der Waals surface area contributed by atoms with Gasteiger partial charge in [-0.1, -0.05) is 17.7 Å². The van der Waals surface area contributed by atoms with E-state index in [4.69, 9.17) is 11.6 Å². The first-order chi connectivity index (χ1) is 12.5. The van der Waals surface area contributed by atoms with Crippen molar-refractivity contribution in [2.75, 3.05) is 14.8 Å². The molecule has 144 valence electrons. The fourth-order valence-corrected chi connectivity index (χ4v) is 5.89. The van der Waals surface area contributed by atoms with E-state index in [1.165, 1.54) is 18.2 Å². The van der Waals surface area contributed by atoms with Crippen molar-refractivity contribution in [1.82, 2.24) is 0 Å². The van der Waals surface area contributed by atoms with Crippen LogP contribution in [-0.2, 0) is 24.8 Å². The van der Waals surface area contributed by atoms with Crippen LogP contribution < -0.4 is 9.03 Å². The Labute approximate surface area is 163 Å². The number of sulfonamides is 2. The molecule has 1 N–H and O–H groups in total. The van der Waals surface area contributed by atoms with E-state index in [2.05, 4.69) is 4.72 Å². The summed E-state index contributed by atoms with van der Waals surface area (Å²) >= 11 is 5.89. The summed E-state index contributed by atoms with van der Waals surface area (Å²) in [5.74, 6) is -0.868. The molecule has 27 heavy (non-hydrogen) atoms. The van der Waals surface area contributed by atoms with Crippen molar-refractivity contribution in [2.45, 2.75) is 25.2 Å². The van der Waals surface area contributed by atoms with Crippen LogP contribution in [0.1, 0.15) is 17.5 Å². The molecule has 1 amide bonds. The molecular formula is C17H17ClN2O5S2. The summed E-state index contributed by atoms with van der Waals surface area (Å²) in [7, 11) is -7.79. The largest absolute Gasteiger partial charge is 0.279 e. The number of nitrogens with zero attached hydrogens (tertiary/aromatic N) is 1. The van der Waals surface area contributed by atoms with E-state index < -0.39 is 26.0 Å². The maximum Gasteiger partial charge on any atom is 0.262 e. The molecule has 1 fully saturated rings. The first kappa shape index (κ1) is 19.7. The molecule has 7 nitrogen and oxygen atoms in total. The molecule has 0 aliphatic carbocycles. The van der Waals surface area contributed by atoms with E-state index in [1.54, 1.807) is 32.0 Å². The molecule has 1 aliphatic heterocycles. The predicted molar refractivity (Wildman–Crippen MR) is 104 cm³/mol. The number of rotatable bonds is 4. The Bertz CT molecular complexity index is 1140. The van der Waals surface area contributed by atoms with Crippen LogP contribution in [0, 0.1) is 13.8 Å². The van der Waals surface area contributed by atoms with Crippen LogP contribution in [0.3, 0.4) is 0 Å². The van der Waals surface area contributed by atoms with Crippen molar-refractivity contribution < 1.29 is 21.6 Å². The highest BCUT2D eigenvalue weighted by Gasteiger charge is 2.37. The molecule has 1 saturated heterocycles. The van der Waals surface area contributed by atoms with Gasteiger partial charge in [0.15, 0.2) is 0 Å². The number of carbonyl (C=O) groups excluding carboxylic acids is 1. The molecule has 3 rings (SSSR count). The number of hydrogen-bond donors (Lipinski definition) is 1. The number of carbonyl (C=O) groups is 1. The Morgan fingerprint density at radius 1 is 1.07 bits per heavy atom. The van der Waals surface area contributed by atoms with E-state index in [1.807, 2.05) is 0 Å². The Morgan fingerprint density at radius 3 is 2.37 bits per heavy atom. The van der Waals surface area contributed by atoms with Crippen LogP contribution in [0.4, 0.5) is 11.4 Å². The molecule has 0 atom stereocenters. The maximum absolute atomic E-state index is 12.9. The van der Waals surface area contributed by atoms with Gasteiger partial charge in [-0.25, -0.2) is 21.1 Å². The molecule has 2 aromatic rings. The molecule has 0 spiro atoms. The van der Waals surface area contributed by atoms with Crippen LogP contribution in [-0.4, -0.2) is 28.5 Å². The average Bonchev–Trinajstić information content (AvgIpc) is 2.84. The lowest BCUT2D eigenvalue weighted by atomic mass is 10.2. The molecule has 10 heteroatoms. The quantitative estimate of drug-likeness (QED) is 0.806. The number of anilines is 2. The van der Waals surface area contributed by atoms with Crippen LogP contribution in [0.25, 0.3) is 0 Å². The second kappa shape index (κ2) is 6.81. The van der Waals surface area contributed by atoms with Gasteiger partial charge in [0.25, 0.3) is 10.0 Å². The molecule has 1 aliphatic rings. The number of halogens is 1. The maximum atomic E-state index is 12.9. The fraction of sp³-hybridized carbons (Fsp3) is 0.235. The number of hydrogen-bond acceptors (Lipinski definition) is 5. The van der Waals surface area contributed by atoms with Gasteiger partial charge in [-0.3, -0.25) is 9.52 Å². The van der Waals surface area contributed by atoms with Crippen molar-refractivity contribution in [3.8, 4) is 0 Å². The topological polar surface area (TPSA) is 101 Å². The smallest absolute Gasteiger partial charge is 0.262 e. The summed E-state index contributed by atoms with van der Waals surface area (Å²) < 4.78 is 53.1. The third-order valence-corrected chi connectivity index (χ3v) is 7.64. The zero-order chi connectivity index (χ0) is 20.0. The van der Waals surface area contributed by atoms with Crippen LogP contribution >= 0.6 is 11.6 Å². The molecule has 2 aromatic carbocycles. The minimum absolute atomic E-state index is 0.0105. The van der Waals surface area contributed by atoms with Crippen molar-refractivity contribution in [3.63, 3.8) is 0 Å². The van der Waals surface area contributed by atoms with Gasteiger partial charge >= 0.3 is 0 Å². The monoisotopic (exact) mass is 428 g/mol. The molecule has 1 heterocycles. The molecular weight excluding hydrogens is 412 g/mol. The SMILES string of the molecule is Cc1cc(Cl)ccc1NS(=O)(=O)c1cc(N2C(=O)CCS2(=O)=O)ccc1C.